The van der Waals surface area contributed by atoms with Crippen molar-refractivity contribution in [2.45, 2.75) is 37.7 Å². The molecular weight excluding hydrogens is 478 g/mol. The van der Waals surface area contributed by atoms with Crippen LogP contribution in [0.3, 0.4) is 0 Å². The van der Waals surface area contributed by atoms with Gasteiger partial charge in [0.1, 0.15) is 5.76 Å². The number of hydrogen-bond acceptors (Lipinski definition) is 8. The zero-order chi connectivity index (χ0) is 22.8. The van der Waals surface area contributed by atoms with Gasteiger partial charge in [0.25, 0.3) is 5.89 Å². The van der Waals surface area contributed by atoms with Crippen LogP contribution < -0.4 is 0 Å². The molecule has 33 heavy (non-hydrogen) atoms. The van der Waals surface area contributed by atoms with Crippen molar-refractivity contribution in [1.29, 1.82) is 0 Å². The van der Waals surface area contributed by atoms with Crippen molar-refractivity contribution in [2.75, 3.05) is 0 Å². The molecule has 0 saturated carbocycles. The van der Waals surface area contributed by atoms with Crippen LogP contribution in [-0.2, 0) is 18.7 Å². The van der Waals surface area contributed by atoms with E-state index in [2.05, 4.69) is 40.3 Å². The van der Waals surface area contributed by atoms with Crippen molar-refractivity contribution >= 4 is 34.7 Å². The van der Waals surface area contributed by atoms with Gasteiger partial charge in [-0.05, 0) is 61.4 Å². The van der Waals surface area contributed by atoms with Crippen LogP contribution in [0.5, 0.6) is 0 Å². The minimum Gasteiger partial charge on any atom is -0.467 e. The molecule has 0 bridgehead atoms. The molecule has 10 heteroatoms. The highest BCUT2D eigenvalue weighted by molar-refractivity contribution is 7.98. The maximum Gasteiger partial charge on any atom is 0.257 e. The topological polar surface area (TPSA) is 82.8 Å². The number of aryl methyl sites for hydroxylation is 2. The first kappa shape index (κ1) is 21.9. The molecule has 0 radical (unpaired) electrons. The molecule has 0 saturated heterocycles. The molecule has 0 N–H and O–H groups in total. The van der Waals surface area contributed by atoms with Gasteiger partial charge in [-0.3, -0.25) is 4.57 Å². The molecule has 0 aliphatic heterocycles. The van der Waals surface area contributed by atoms with Crippen molar-refractivity contribution in [1.82, 2.24) is 25.0 Å². The zero-order valence-electron chi connectivity index (χ0n) is 18.0. The monoisotopic (exact) mass is 497 g/mol. The normalized spacial score (nSPS) is 11.4. The first-order valence-electron chi connectivity index (χ1n) is 10.4. The Bertz CT molecular complexity index is 1360. The van der Waals surface area contributed by atoms with E-state index >= 15 is 0 Å². The number of rotatable bonds is 8. The maximum atomic E-state index is 6.06. The minimum atomic E-state index is 0.481. The molecule has 168 valence electrons. The number of hydrogen-bond donors (Lipinski definition) is 0. The van der Waals surface area contributed by atoms with Gasteiger partial charge in [0.2, 0.25) is 5.89 Å². The molecule has 5 aromatic rings. The zero-order valence-corrected chi connectivity index (χ0v) is 20.4. The molecule has 0 aliphatic carbocycles. The summed E-state index contributed by atoms with van der Waals surface area (Å²) in [5, 5.41) is 18.7. The van der Waals surface area contributed by atoms with Crippen molar-refractivity contribution in [3.63, 3.8) is 0 Å². The molecule has 0 atom stereocenters. The second kappa shape index (κ2) is 9.54. The predicted octanol–water partition coefficient (Wildman–Crippen LogP) is 6.51. The van der Waals surface area contributed by atoms with Crippen LogP contribution in [0.15, 0.2) is 62.7 Å². The minimum absolute atomic E-state index is 0.481. The summed E-state index contributed by atoms with van der Waals surface area (Å²) in [6.45, 7) is 4.76. The summed E-state index contributed by atoms with van der Waals surface area (Å²) in [6.07, 6.45) is 2.65. The van der Waals surface area contributed by atoms with E-state index in [4.69, 9.17) is 20.4 Å². The molecule has 0 spiro atoms. The highest BCUT2D eigenvalue weighted by Crippen LogP contribution is 2.32. The van der Waals surface area contributed by atoms with Crippen molar-refractivity contribution < 1.29 is 8.83 Å². The van der Waals surface area contributed by atoms with Gasteiger partial charge in [0.15, 0.2) is 11.0 Å². The maximum absolute atomic E-state index is 6.06. The second-order valence-electron chi connectivity index (χ2n) is 7.34. The Labute approximate surface area is 203 Å². The average molecular weight is 498 g/mol. The lowest BCUT2D eigenvalue weighted by molar-refractivity contribution is 0.485. The van der Waals surface area contributed by atoms with Gasteiger partial charge >= 0.3 is 0 Å². The van der Waals surface area contributed by atoms with Crippen LogP contribution in [0.2, 0.25) is 5.02 Å². The molecule has 7 nitrogen and oxygen atoms in total. The van der Waals surface area contributed by atoms with E-state index in [1.54, 1.807) is 17.6 Å². The van der Waals surface area contributed by atoms with Crippen molar-refractivity contribution in [3.8, 4) is 22.2 Å². The van der Waals surface area contributed by atoms with Gasteiger partial charge < -0.3 is 8.83 Å². The predicted molar refractivity (Wildman–Crippen MR) is 130 cm³/mol. The highest BCUT2D eigenvalue weighted by atomic mass is 35.5. The fourth-order valence-corrected chi connectivity index (χ4v) is 5.36. The Morgan fingerprint density at radius 2 is 1.94 bits per heavy atom. The molecule has 0 aliphatic rings. The first-order valence-corrected chi connectivity index (χ1v) is 12.5. The van der Waals surface area contributed by atoms with E-state index in [9.17, 15) is 0 Å². The van der Waals surface area contributed by atoms with Crippen LogP contribution in [0.4, 0.5) is 0 Å². The molecule has 4 heterocycles. The second-order valence-corrected chi connectivity index (χ2v) is 9.85. The highest BCUT2D eigenvalue weighted by Gasteiger charge is 2.18. The molecule has 0 unspecified atom stereocenters. The fraction of sp³-hybridized carbons (Fsp3) is 0.217. The number of aromatic nitrogens is 5. The molecule has 4 aromatic heterocycles. The Kier molecular flexibility index (Phi) is 6.34. The number of thiophene rings is 1. The lowest BCUT2D eigenvalue weighted by Crippen LogP contribution is -2.03. The SMILES string of the molecule is CCc1sc(-c2nnc(CSc3nnc(-c4ccc(Cl)cc4)n3Cc3ccco3)o2)cc1C. The quantitative estimate of drug-likeness (QED) is 0.226. The van der Waals surface area contributed by atoms with E-state index in [1.165, 1.54) is 22.2 Å². The third kappa shape index (κ3) is 4.75. The summed E-state index contributed by atoms with van der Waals surface area (Å²) in [7, 11) is 0. The molecule has 0 fully saturated rings. The molecule has 1 aromatic carbocycles. The summed E-state index contributed by atoms with van der Waals surface area (Å²) >= 11 is 9.25. The van der Waals surface area contributed by atoms with Crippen molar-refractivity contribution in [3.05, 3.63) is 75.8 Å². The summed E-state index contributed by atoms with van der Waals surface area (Å²) in [4.78, 5) is 2.33. The van der Waals surface area contributed by atoms with Gasteiger partial charge in [-0.1, -0.05) is 30.3 Å². The van der Waals surface area contributed by atoms with Crippen LogP contribution in [0.25, 0.3) is 22.2 Å². The van der Waals surface area contributed by atoms with E-state index < -0.39 is 0 Å². The lowest BCUT2D eigenvalue weighted by atomic mass is 10.2. The summed E-state index contributed by atoms with van der Waals surface area (Å²) in [5.74, 6) is 3.12. The van der Waals surface area contributed by atoms with E-state index in [0.717, 1.165) is 33.6 Å². The molecule has 0 amide bonds. The summed E-state index contributed by atoms with van der Waals surface area (Å²) < 4.78 is 13.5. The number of furan rings is 1. The lowest BCUT2D eigenvalue weighted by Gasteiger charge is -2.08. The van der Waals surface area contributed by atoms with Gasteiger partial charge in [-0.25, -0.2) is 0 Å². The summed E-state index contributed by atoms with van der Waals surface area (Å²) in [5.41, 5.74) is 2.18. The van der Waals surface area contributed by atoms with Gasteiger partial charge in [0.05, 0.1) is 23.4 Å². The number of halogens is 1. The van der Waals surface area contributed by atoms with E-state index in [1.807, 2.05) is 41.0 Å². The third-order valence-electron chi connectivity index (χ3n) is 5.06. The largest absolute Gasteiger partial charge is 0.467 e. The Balaban J connectivity index is 1.38. The van der Waals surface area contributed by atoms with Crippen LogP contribution >= 0.6 is 34.7 Å². The van der Waals surface area contributed by atoms with Crippen LogP contribution in [-0.4, -0.2) is 25.0 Å². The number of nitrogens with zero attached hydrogens (tertiary/aromatic N) is 5. The third-order valence-corrected chi connectivity index (χ3v) is 7.63. The fourth-order valence-electron chi connectivity index (χ4n) is 3.42. The van der Waals surface area contributed by atoms with Crippen molar-refractivity contribution in [2.24, 2.45) is 0 Å². The first-order chi connectivity index (χ1) is 16.1. The van der Waals surface area contributed by atoms with Crippen LogP contribution in [0.1, 0.15) is 29.0 Å². The Hall–Kier alpha value is -2.88. The van der Waals surface area contributed by atoms with E-state index in [0.29, 0.717) is 29.1 Å². The molecule has 5 rings (SSSR count). The van der Waals surface area contributed by atoms with E-state index in [-0.39, 0.29) is 0 Å². The smallest absolute Gasteiger partial charge is 0.257 e. The Morgan fingerprint density at radius 1 is 1.09 bits per heavy atom. The van der Waals surface area contributed by atoms with Gasteiger partial charge in [0, 0.05) is 15.5 Å². The number of thioether (sulfide) groups is 1. The Morgan fingerprint density at radius 3 is 2.67 bits per heavy atom. The van der Waals surface area contributed by atoms with Crippen LogP contribution in [0, 0.1) is 6.92 Å². The average Bonchev–Trinajstić information content (AvgIpc) is 3.61. The van der Waals surface area contributed by atoms with Gasteiger partial charge in [-0.15, -0.1) is 31.7 Å². The van der Waals surface area contributed by atoms with Gasteiger partial charge in [-0.2, -0.15) is 0 Å². The summed E-state index contributed by atoms with van der Waals surface area (Å²) in [6, 6.07) is 13.4. The number of benzene rings is 1. The standard InChI is InChI=1S/C23H20ClN5O2S2/c1-3-18-14(2)11-19(33-18)22-27-25-20(31-22)13-32-23-28-26-21(15-6-8-16(24)9-7-15)29(23)12-17-5-4-10-30-17/h4-11H,3,12-13H2,1-2H3. The molecular formula is C23H20ClN5O2S2.